The van der Waals surface area contributed by atoms with Crippen molar-refractivity contribution < 1.29 is 4.74 Å². The molecule has 1 atom stereocenters. The van der Waals surface area contributed by atoms with Gasteiger partial charge in [-0.25, -0.2) is 0 Å². The monoisotopic (exact) mass is 307 g/mol. The number of likely N-dealkylation sites (N-methyl/N-ethyl adjacent to an activating group) is 1. The van der Waals surface area contributed by atoms with E-state index in [2.05, 4.69) is 30.3 Å². The van der Waals surface area contributed by atoms with Gasteiger partial charge in [-0.3, -0.25) is 4.68 Å². The molecule has 2 aromatic rings. The summed E-state index contributed by atoms with van der Waals surface area (Å²) < 4.78 is 7.26. The second-order valence-electron chi connectivity index (χ2n) is 5.31. The van der Waals surface area contributed by atoms with Gasteiger partial charge in [-0.2, -0.15) is 5.10 Å². The van der Waals surface area contributed by atoms with Crippen molar-refractivity contribution in [3.63, 3.8) is 0 Å². The highest BCUT2D eigenvalue weighted by Gasteiger charge is 2.21. The van der Waals surface area contributed by atoms with E-state index in [0.717, 1.165) is 17.9 Å². The van der Waals surface area contributed by atoms with E-state index in [1.165, 1.54) is 5.56 Å². The minimum absolute atomic E-state index is 0.106. The molecule has 0 bridgehead atoms. The Balaban J connectivity index is 2.29. The van der Waals surface area contributed by atoms with Crippen LogP contribution in [0.25, 0.3) is 0 Å². The van der Waals surface area contributed by atoms with Gasteiger partial charge in [0, 0.05) is 6.04 Å². The molecule has 1 N–H and O–H groups in total. The Kier molecular flexibility index (Phi) is 5.26. The number of nitrogens with one attached hydrogen (secondary N) is 1. The van der Waals surface area contributed by atoms with Gasteiger partial charge in [-0.05, 0) is 45.0 Å². The number of aromatic nitrogens is 2. The summed E-state index contributed by atoms with van der Waals surface area (Å²) >= 11 is 6.34. The summed E-state index contributed by atoms with van der Waals surface area (Å²) in [5.41, 5.74) is 2.22. The molecule has 0 aliphatic heterocycles. The number of ether oxygens (including phenoxy) is 1. The summed E-state index contributed by atoms with van der Waals surface area (Å²) in [5.74, 6) is 0.866. The van der Waals surface area contributed by atoms with Crippen molar-refractivity contribution in [3.8, 4) is 5.75 Å². The summed E-state index contributed by atoms with van der Waals surface area (Å²) in [6.07, 6.45) is 2.54. The van der Waals surface area contributed by atoms with Crippen molar-refractivity contribution in [1.82, 2.24) is 15.1 Å². The maximum Gasteiger partial charge on any atom is 0.119 e. The Morgan fingerprint density at radius 3 is 2.76 bits per heavy atom. The van der Waals surface area contributed by atoms with Gasteiger partial charge < -0.3 is 10.1 Å². The first kappa shape index (κ1) is 15.9. The lowest BCUT2D eigenvalue weighted by Gasteiger charge is -2.21. The molecular weight excluding hydrogens is 286 g/mol. The van der Waals surface area contributed by atoms with Crippen LogP contribution in [0.2, 0.25) is 5.02 Å². The highest BCUT2D eigenvalue weighted by atomic mass is 35.5. The fourth-order valence-corrected chi connectivity index (χ4v) is 2.72. The number of hydrogen-bond donors (Lipinski definition) is 1. The minimum atomic E-state index is 0.106. The fraction of sp³-hybridized carbons (Fsp3) is 0.438. The third-order valence-electron chi connectivity index (χ3n) is 3.53. The molecule has 0 saturated carbocycles. The molecule has 1 heterocycles. The first-order valence-corrected chi connectivity index (χ1v) is 7.47. The van der Waals surface area contributed by atoms with E-state index < -0.39 is 0 Å². The van der Waals surface area contributed by atoms with E-state index in [4.69, 9.17) is 16.3 Å². The second kappa shape index (κ2) is 6.96. The van der Waals surface area contributed by atoms with Crippen molar-refractivity contribution in [3.05, 3.63) is 46.7 Å². The Morgan fingerprint density at radius 1 is 1.38 bits per heavy atom. The van der Waals surface area contributed by atoms with Crippen LogP contribution in [0.15, 0.2) is 30.5 Å². The Labute approximate surface area is 131 Å². The fourth-order valence-electron chi connectivity index (χ4n) is 2.46. The summed E-state index contributed by atoms with van der Waals surface area (Å²) in [6.45, 7) is 4.20. The topological polar surface area (TPSA) is 39.1 Å². The van der Waals surface area contributed by atoms with Crippen molar-refractivity contribution in [2.75, 3.05) is 14.2 Å². The first-order valence-electron chi connectivity index (χ1n) is 7.10. The SMILES string of the molecule is CNC(Cc1cccc(OC)c1)c1c(Cl)cnn1C(C)C. The molecule has 5 heteroatoms. The summed E-state index contributed by atoms with van der Waals surface area (Å²) in [7, 11) is 3.62. The van der Waals surface area contributed by atoms with Crippen LogP contribution in [0.1, 0.15) is 37.2 Å². The number of rotatable bonds is 6. The zero-order valence-electron chi connectivity index (χ0n) is 12.9. The smallest absolute Gasteiger partial charge is 0.119 e. The molecule has 114 valence electrons. The van der Waals surface area contributed by atoms with E-state index in [9.17, 15) is 0 Å². The number of benzene rings is 1. The van der Waals surface area contributed by atoms with Gasteiger partial charge in [0.15, 0.2) is 0 Å². The molecule has 1 unspecified atom stereocenters. The molecule has 0 spiro atoms. The number of hydrogen-bond acceptors (Lipinski definition) is 3. The number of halogens is 1. The zero-order chi connectivity index (χ0) is 15.4. The van der Waals surface area contributed by atoms with E-state index >= 15 is 0 Å². The van der Waals surface area contributed by atoms with Gasteiger partial charge in [0.2, 0.25) is 0 Å². The van der Waals surface area contributed by atoms with Gasteiger partial charge in [-0.15, -0.1) is 0 Å². The number of methoxy groups -OCH3 is 1. The van der Waals surface area contributed by atoms with Crippen LogP contribution in [0.4, 0.5) is 0 Å². The van der Waals surface area contributed by atoms with Gasteiger partial charge in [0.05, 0.1) is 30.1 Å². The van der Waals surface area contributed by atoms with Gasteiger partial charge in [-0.1, -0.05) is 23.7 Å². The maximum atomic E-state index is 6.34. The molecule has 0 aliphatic rings. The van der Waals surface area contributed by atoms with Gasteiger partial charge in [0.1, 0.15) is 5.75 Å². The quantitative estimate of drug-likeness (QED) is 0.886. The molecule has 4 nitrogen and oxygen atoms in total. The van der Waals surface area contributed by atoms with Crippen molar-refractivity contribution in [2.24, 2.45) is 0 Å². The summed E-state index contributed by atoms with van der Waals surface area (Å²) in [6, 6.07) is 8.47. The Morgan fingerprint density at radius 2 is 2.14 bits per heavy atom. The van der Waals surface area contributed by atoms with E-state index in [1.54, 1.807) is 13.3 Å². The molecule has 1 aromatic heterocycles. The molecule has 0 amide bonds. The Bertz CT molecular complexity index is 595. The van der Waals surface area contributed by atoms with Crippen LogP contribution in [-0.2, 0) is 6.42 Å². The third kappa shape index (κ3) is 3.57. The van der Waals surface area contributed by atoms with Crippen LogP contribution in [0.3, 0.4) is 0 Å². The summed E-state index contributed by atoms with van der Waals surface area (Å²) in [5, 5.41) is 8.42. The van der Waals surface area contributed by atoms with Crippen LogP contribution in [0.5, 0.6) is 5.75 Å². The molecule has 0 radical (unpaired) electrons. The Hall–Kier alpha value is -1.52. The van der Waals surface area contributed by atoms with Crippen LogP contribution in [0, 0.1) is 0 Å². The maximum absolute atomic E-state index is 6.34. The normalized spacial score (nSPS) is 12.7. The molecule has 21 heavy (non-hydrogen) atoms. The molecule has 2 rings (SSSR count). The molecule has 0 fully saturated rings. The van der Waals surface area contributed by atoms with E-state index in [0.29, 0.717) is 5.02 Å². The van der Waals surface area contributed by atoms with Gasteiger partial charge >= 0.3 is 0 Å². The average molecular weight is 308 g/mol. The lowest BCUT2D eigenvalue weighted by molar-refractivity contribution is 0.413. The van der Waals surface area contributed by atoms with Gasteiger partial charge in [0.25, 0.3) is 0 Å². The largest absolute Gasteiger partial charge is 0.497 e. The van der Waals surface area contributed by atoms with Crippen LogP contribution < -0.4 is 10.1 Å². The minimum Gasteiger partial charge on any atom is -0.497 e. The van der Waals surface area contributed by atoms with Crippen molar-refractivity contribution in [2.45, 2.75) is 32.4 Å². The second-order valence-corrected chi connectivity index (χ2v) is 5.72. The highest BCUT2D eigenvalue weighted by Crippen LogP contribution is 2.28. The predicted molar refractivity (Wildman–Crippen MR) is 86.1 cm³/mol. The van der Waals surface area contributed by atoms with Crippen molar-refractivity contribution >= 4 is 11.6 Å². The standard InChI is InChI=1S/C16H22ClN3O/c1-11(2)20-16(14(17)10-19-20)15(18-3)9-12-6-5-7-13(8-12)21-4/h5-8,10-11,15,18H,9H2,1-4H3. The summed E-state index contributed by atoms with van der Waals surface area (Å²) in [4.78, 5) is 0. The molecule has 1 aromatic carbocycles. The first-order chi connectivity index (χ1) is 10.1. The lowest BCUT2D eigenvalue weighted by atomic mass is 10.0. The van der Waals surface area contributed by atoms with E-state index in [1.807, 2.05) is 29.9 Å². The molecule has 0 saturated heterocycles. The van der Waals surface area contributed by atoms with Crippen molar-refractivity contribution in [1.29, 1.82) is 0 Å². The van der Waals surface area contributed by atoms with Crippen LogP contribution in [-0.4, -0.2) is 23.9 Å². The van der Waals surface area contributed by atoms with E-state index in [-0.39, 0.29) is 12.1 Å². The highest BCUT2D eigenvalue weighted by molar-refractivity contribution is 6.31. The van der Waals surface area contributed by atoms with Crippen LogP contribution >= 0.6 is 11.6 Å². The number of nitrogens with zero attached hydrogens (tertiary/aromatic N) is 2. The average Bonchev–Trinajstić information content (AvgIpc) is 2.87. The zero-order valence-corrected chi connectivity index (χ0v) is 13.7. The lowest BCUT2D eigenvalue weighted by Crippen LogP contribution is -2.23. The molecular formula is C16H22ClN3O. The molecule has 0 aliphatic carbocycles. The predicted octanol–water partition coefficient (Wildman–Crippen LogP) is 3.63. The third-order valence-corrected chi connectivity index (χ3v) is 3.82.